The van der Waals surface area contributed by atoms with Gasteiger partial charge < -0.3 is 5.73 Å². The van der Waals surface area contributed by atoms with Crippen molar-refractivity contribution in [1.82, 2.24) is 14.9 Å². The average Bonchev–Trinajstić information content (AvgIpc) is 3.02. The Hall–Kier alpha value is -3.19. The summed E-state index contributed by atoms with van der Waals surface area (Å²) in [5, 5.41) is 0. The minimum Gasteiger partial charge on any atom is -0.366 e. The Bertz CT molecular complexity index is 1140. The zero-order valence-corrected chi connectivity index (χ0v) is 16.2. The van der Waals surface area contributed by atoms with Gasteiger partial charge in [-0.1, -0.05) is 18.2 Å². The Balaban J connectivity index is 1.61. The van der Waals surface area contributed by atoms with E-state index >= 15 is 0 Å². The number of carbonyl (C=O) groups is 1. The Kier molecular flexibility index (Phi) is 4.36. The number of halogens is 2. The molecule has 1 saturated heterocycles. The van der Waals surface area contributed by atoms with Gasteiger partial charge in [-0.05, 0) is 60.8 Å². The van der Waals surface area contributed by atoms with Gasteiger partial charge in [0.25, 0.3) is 5.91 Å². The SMILES string of the molecule is NC(=O)c1cnc(-c2ccc3c(c2)CN2CCC3(c3ccc(F)c(F)c3)CC2)nc1. The molecule has 3 aromatic rings. The van der Waals surface area contributed by atoms with Crippen LogP contribution < -0.4 is 5.73 Å². The van der Waals surface area contributed by atoms with Gasteiger partial charge in [0.2, 0.25) is 0 Å². The number of benzene rings is 2. The van der Waals surface area contributed by atoms with E-state index in [0.29, 0.717) is 5.82 Å². The summed E-state index contributed by atoms with van der Waals surface area (Å²) in [5.74, 6) is -1.69. The number of nitrogens with two attached hydrogens (primary N) is 1. The number of rotatable bonds is 3. The quantitative estimate of drug-likeness (QED) is 0.724. The number of piperidine rings is 1. The third-order valence-electron chi connectivity index (χ3n) is 6.39. The van der Waals surface area contributed by atoms with Gasteiger partial charge >= 0.3 is 0 Å². The summed E-state index contributed by atoms with van der Waals surface area (Å²) in [7, 11) is 0. The number of primary amides is 1. The van der Waals surface area contributed by atoms with Crippen LogP contribution in [0.3, 0.4) is 0 Å². The van der Waals surface area contributed by atoms with Gasteiger partial charge in [-0.2, -0.15) is 0 Å². The van der Waals surface area contributed by atoms with Crippen LogP contribution in [0.1, 0.15) is 39.9 Å². The monoisotopic (exact) mass is 406 g/mol. The number of hydrogen-bond donors (Lipinski definition) is 1. The lowest BCUT2D eigenvalue weighted by Gasteiger charge is -2.39. The maximum atomic E-state index is 14.1. The molecule has 5 nitrogen and oxygen atoms in total. The van der Waals surface area contributed by atoms with E-state index in [2.05, 4.69) is 27.0 Å². The minimum atomic E-state index is -0.826. The van der Waals surface area contributed by atoms with Crippen molar-refractivity contribution in [2.45, 2.75) is 24.8 Å². The van der Waals surface area contributed by atoms with Crippen LogP contribution in [0.25, 0.3) is 11.4 Å². The van der Waals surface area contributed by atoms with Crippen LogP contribution in [0.15, 0.2) is 48.8 Å². The molecule has 0 spiro atoms. The summed E-state index contributed by atoms with van der Waals surface area (Å²) in [6.45, 7) is 2.58. The van der Waals surface area contributed by atoms with Crippen molar-refractivity contribution in [2.75, 3.05) is 13.1 Å². The molecule has 0 saturated carbocycles. The molecule has 1 fully saturated rings. The van der Waals surface area contributed by atoms with E-state index in [1.807, 2.05) is 6.07 Å². The molecule has 2 N–H and O–H groups in total. The van der Waals surface area contributed by atoms with Crippen molar-refractivity contribution < 1.29 is 13.6 Å². The summed E-state index contributed by atoms with van der Waals surface area (Å²) in [5.41, 5.74) is 9.12. The van der Waals surface area contributed by atoms with Crippen molar-refractivity contribution in [3.05, 3.63) is 82.7 Å². The fourth-order valence-electron chi connectivity index (χ4n) is 4.78. The van der Waals surface area contributed by atoms with E-state index < -0.39 is 17.5 Å². The molecule has 2 aromatic carbocycles. The van der Waals surface area contributed by atoms with Crippen LogP contribution >= 0.6 is 0 Å². The molecule has 1 aromatic heterocycles. The summed E-state index contributed by atoms with van der Waals surface area (Å²) in [6.07, 6.45) is 4.56. The number of aromatic nitrogens is 2. The first-order chi connectivity index (χ1) is 14.5. The van der Waals surface area contributed by atoms with Gasteiger partial charge in [0.05, 0.1) is 5.56 Å². The standard InChI is InChI=1S/C23H20F2N4O/c24-19-4-2-17(10-20(19)25)23-5-7-29(8-6-23)13-15-9-14(1-3-18(15)23)22-27-11-16(12-28-22)21(26)30/h1-4,9-12H,5-8,13H2,(H2,26,30). The lowest BCUT2D eigenvalue weighted by molar-refractivity contribution is 0.0999. The van der Waals surface area contributed by atoms with Crippen LogP contribution in [0.5, 0.6) is 0 Å². The van der Waals surface area contributed by atoms with Crippen LogP contribution in [0.2, 0.25) is 0 Å². The van der Waals surface area contributed by atoms with E-state index in [-0.39, 0.29) is 11.0 Å². The number of fused-ring (bicyclic) bond motifs is 2. The Morgan fingerprint density at radius 2 is 1.73 bits per heavy atom. The third-order valence-corrected chi connectivity index (χ3v) is 6.39. The summed E-state index contributed by atoms with van der Waals surface area (Å²) in [4.78, 5) is 22.2. The lowest BCUT2D eigenvalue weighted by Crippen LogP contribution is -2.39. The van der Waals surface area contributed by atoms with Crippen molar-refractivity contribution in [2.24, 2.45) is 5.73 Å². The van der Waals surface area contributed by atoms with Crippen molar-refractivity contribution in [1.29, 1.82) is 0 Å². The third kappa shape index (κ3) is 2.97. The molecule has 0 radical (unpaired) electrons. The van der Waals surface area contributed by atoms with Gasteiger partial charge in [-0.15, -0.1) is 0 Å². The maximum absolute atomic E-state index is 14.1. The average molecular weight is 406 g/mol. The molecule has 2 bridgehead atoms. The second kappa shape index (κ2) is 6.95. The van der Waals surface area contributed by atoms with Crippen LogP contribution in [-0.4, -0.2) is 33.9 Å². The predicted molar refractivity (Wildman–Crippen MR) is 108 cm³/mol. The van der Waals surface area contributed by atoms with Crippen LogP contribution in [-0.2, 0) is 12.0 Å². The first-order valence-electron chi connectivity index (χ1n) is 9.90. The molecule has 3 aliphatic heterocycles. The summed E-state index contributed by atoms with van der Waals surface area (Å²) in [6, 6.07) is 10.4. The van der Waals surface area contributed by atoms with Gasteiger partial charge in [0.15, 0.2) is 17.5 Å². The topological polar surface area (TPSA) is 72.1 Å². The molecule has 152 valence electrons. The first kappa shape index (κ1) is 18.8. The molecule has 7 heteroatoms. The van der Waals surface area contributed by atoms with E-state index in [1.165, 1.54) is 24.5 Å². The highest BCUT2D eigenvalue weighted by Gasteiger charge is 2.42. The maximum Gasteiger partial charge on any atom is 0.251 e. The number of hydrogen-bond acceptors (Lipinski definition) is 4. The molecule has 4 heterocycles. The fraction of sp³-hybridized carbons (Fsp3) is 0.261. The van der Waals surface area contributed by atoms with Gasteiger partial charge in [-0.25, -0.2) is 18.7 Å². The molecule has 0 unspecified atom stereocenters. The Morgan fingerprint density at radius 3 is 2.40 bits per heavy atom. The predicted octanol–water partition coefficient (Wildman–Crippen LogP) is 3.42. The van der Waals surface area contributed by atoms with Crippen molar-refractivity contribution in [3.8, 4) is 11.4 Å². The number of amides is 1. The minimum absolute atomic E-state index is 0.259. The number of carbonyl (C=O) groups excluding carboxylic acids is 1. The molecule has 6 rings (SSSR count). The van der Waals surface area contributed by atoms with Gasteiger partial charge in [0, 0.05) is 29.9 Å². The van der Waals surface area contributed by atoms with E-state index in [1.54, 1.807) is 6.07 Å². The van der Waals surface area contributed by atoms with Crippen molar-refractivity contribution in [3.63, 3.8) is 0 Å². The van der Waals surface area contributed by atoms with Crippen LogP contribution in [0, 0.1) is 11.6 Å². The normalized spacial score (nSPS) is 22.4. The fourth-order valence-corrected chi connectivity index (χ4v) is 4.78. The second-order valence-corrected chi connectivity index (χ2v) is 8.02. The lowest BCUT2D eigenvalue weighted by atomic mass is 9.68. The molecule has 3 aliphatic rings. The Morgan fingerprint density at radius 1 is 1.00 bits per heavy atom. The van der Waals surface area contributed by atoms with Crippen molar-refractivity contribution >= 4 is 5.91 Å². The molecule has 0 atom stereocenters. The highest BCUT2D eigenvalue weighted by molar-refractivity contribution is 5.92. The van der Waals surface area contributed by atoms with Crippen LogP contribution in [0.4, 0.5) is 8.78 Å². The highest BCUT2D eigenvalue weighted by Crippen LogP contribution is 2.47. The highest BCUT2D eigenvalue weighted by atomic mass is 19.2. The zero-order chi connectivity index (χ0) is 20.9. The first-order valence-corrected chi connectivity index (χ1v) is 9.90. The number of nitrogens with zero attached hydrogens (tertiary/aromatic N) is 3. The second-order valence-electron chi connectivity index (χ2n) is 8.02. The van der Waals surface area contributed by atoms with E-state index in [0.717, 1.165) is 54.7 Å². The Labute approximate surface area is 172 Å². The molecule has 1 amide bonds. The van der Waals surface area contributed by atoms with Gasteiger partial charge in [-0.3, -0.25) is 9.69 Å². The molecule has 0 aliphatic carbocycles. The summed E-state index contributed by atoms with van der Waals surface area (Å²) < 4.78 is 27.6. The smallest absolute Gasteiger partial charge is 0.251 e. The molecular weight excluding hydrogens is 386 g/mol. The van der Waals surface area contributed by atoms with E-state index in [9.17, 15) is 13.6 Å². The van der Waals surface area contributed by atoms with Gasteiger partial charge in [0.1, 0.15) is 0 Å². The molecule has 30 heavy (non-hydrogen) atoms. The van der Waals surface area contributed by atoms with E-state index in [4.69, 9.17) is 5.73 Å². The largest absolute Gasteiger partial charge is 0.366 e. The molecular formula is C23H20F2N4O. The zero-order valence-electron chi connectivity index (χ0n) is 16.2. The summed E-state index contributed by atoms with van der Waals surface area (Å²) >= 11 is 0.